The number of hydrogen-bond acceptors (Lipinski definition) is 2. The lowest BCUT2D eigenvalue weighted by Gasteiger charge is -2.09. The van der Waals surface area contributed by atoms with Crippen molar-refractivity contribution in [2.24, 2.45) is 0 Å². The van der Waals surface area contributed by atoms with Crippen LogP contribution in [-0.4, -0.2) is 24.4 Å². The van der Waals surface area contributed by atoms with E-state index in [1.165, 1.54) is 70.6 Å². The van der Waals surface area contributed by atoms with Crippen LogP contribution in [0.2, 0.25) is 0 Å². The van der Waals surface area contributed by atoms with Gasteiger partial charge in [0, 0.05) is 6.61 Å². The molecule has 0 saturated heterocycles. The molecule has 0 saturated carbocycles. The van der Waals surface area contributed by atoms with Crippen molar-refractivity contribution in [2.45, 2.75) is 97.0 Å². The summed E-state index contributed by atoms with van der Waals surface area (Å²) >= 11 is 0. The Labute approximate surface area is 120 Å². The molecule has 0 bridgehead atoms. The summed E-state index contributed by atoms with van der Waals surface area (Å²) in [5, 5.41) is 8.80. The van der Waals surface area contributed by atoms with Crippen molar-refractivity contribution >= 4 is 0 Å². The van der Waals surface area contributed by atoms with Crippen LogP contribution in [0.3, 0.4) is 0 Å². The van der Waals surface area contributed by atoms with Gasteiger partial charge in [-0.3, -0.25) is 0 Å². The third-order valence-corrected chi connectivity index (χ3v) is 3.66. The van der Waals surface area contributed by atoms with E-state index in [9.17, 15) is 0 Å². The molecule has 0 radical (unpaired) electrons. The largest absolute Gasteiger partial charge is 0.394 e. The Morgan fingerprint density at radius 2 is 1.16 bits per heavy atom. The molecule has 116 valence electrons. The van der Waals surface area contributed by atoms with Crippen LogP contribution in [0.5, 0.6) is 0 Å². The first-order valence-corrected chi connectivity index (χ1v) is 8.53. The highest BCUT2D eigenvalue weighted by Gasteiger charge is 1.98. The molecule has 19 heavy (non-hydrogen) atoms. The van der Waals surface area contributed by atoms with Gasteiger partial charge >= 0.3 is 0 Å². The van der Waals surface area contributed by atoms with Gasteiger partial charge in [-0.2, -0.15) is 0 Å². The Balaban J connectivity index is 2.95. The summed E-state index contributed by atoms with van der Waals surface area (Å²) in [5.74, 6) is 0. The normalized spacial score (nSPS) is 12.8. The van der Waals surface area contributed by atoms with Crippen molar-refractivity contribution < 1.29 is 9.84 Å². The molecule has 1 N–H and O–H groups in total. The zero-order valence-corrected chi connectivity index (χ0v) is 13.3. The first kappa shape index (κ1) is 18.9. The van der Waals surface area contributed by atoms with E-state index in [2.05, 4.69) is 6.92 Å². The van der Waals surface area contributed by atoms with E-state index >= 15 is 0 Å². The van der Waals surface area contributed by atoms with E-state index < -0.39 is 0 Å². The maximum absolute atomic E-state index is 8.80. The molecule has 1 atom stereocenters. The van der Waals surface area contributed by atoms with Crippen molar-refractivity contribution in [2.75, 3.05) is 13.2 Å². The topological polar surface area (TPSA) is 29.5 Å². The number of aliphatic hydroxyl groups excluding tert-OH is 1. The number of rotatable bonds is 15. The summed E-state index contributed by atoms with van der Waals surface area (Å²) in [5.41, 5.74) is 0. The number of unbranched alkanes of at least 4 members (excludes halogenated alkanes) is 11. The smallest absolute Gasteiger partial charge is 0.0777 e. The van der Waals surface area contributed by atoms with Gasteiger partial charge in [0.25, 0.3) is 0 Å². The fourth-order valence-corrected chi connectivity index (χ4v) is 2.28. The molecule has 0 amide bonds. The summed E-state index contributed by atoms with van der Waals surface area (Å²) in [7, 11) is 0. The maximum atomic E-state index is 8.80. The first-order valence-electron chi connectivity index (χ1n) is 8.53. The third kappa shape index (κ3) is 15.9. The third-order valence-electron chi connectivity index (χ3n) is 3.66. The van der Waals surface area contributed by atoms with Gasteiger partial charge in [-0.05, 0) is 13.3 Å². The van der Waals surface area contributed by atoms with Crippen LogP contribution in [0.1, 0.15) is 90.9 Å². The van der Waals surface area contributed by atoms with Gasteiger partial charge in [-0.1, -0.05) is 77.6 Å². The number of ether oxygens (including phenoxy) is 1. The highest BCUT2D eigenvalue weighted by Crippen LogP contribution is 2.11. The zero-order valence-electron chi connectivity index (χ0n) is 13.3. The second-order valence-electron chi connectivity index (χ2n) is 5.75. The molecule has 0 aliphatic rings. The van der Waals surface area contributed by atoms with Gasteiger partial charge in [0.2, 0.25) is 0 Å². The predicted octanol–water partition coefficient (Wildman–Crippen LogP) is 5.08. The number of aliphatic hydroxyl groups is 1. The second kappa shape index (κ2) is 16.0. The van der Waals surface area contributed by atoms with Gasteiger partial charge in [0.1, 0.15) is 0 Å². The first-order chi connectivity index (χ1) is 9.31. The fourth-order valence-electron chi connectivity index (χ4n) is 2.28. The lowest BCUT2D eigenvalue weighted by molar-refractivity contribution is 0.0231. The minimum Gasteiger partial charge on any atom is -0.394 e. The highest BCUT2D eigenvalue weighted by molar-refractivity contribution is 4.49. The van der Waals surface area contributed by atoms with E-state index in [4.69, 9.17) is 9.84 Å². The van der Waals surface area contributed by atoms with Crippen LogP contribution in [0, 0.1) is 0 Å². The van der Waals surface area contributed by atoms with E-state index in [1.807, 2.05) is 6.92 Å². The summed E-state index contributed by atoms with van der Waals surface area (Å²) in [6.07, 6.45) is 16.5. The molecule has 2 heteroatoms. The molecule has 0 aromatic carbocycles. The summed E-state index contributed by atoms with van der Waals surface area (Å²) < 4.78 is 5.43. The molecule has 0 spiro atoms. The van der Waals surface area contributed by atoms with E-state index in [0.29, 0.717) is 0 Å². The van der Waals surface area contributed by atoms with Crippen molar-refractivity contribution in [3.05, 3.63) is 0 Å². The lowest BCUT2D eigenvalue weighted by atomic mass is 10.1. The fraction of sp³-hybridized carbons (Fsp3) is 1.00. The molecule has 0 aliphatic heterocycles. The Morgan fingerprint density at radius 3 is 1.58 bits per heavy atom. The Bertz CT molecular complexity index is 159. The molecule has 2 nitrogen and oxygen atoms in total. The lowest BCUT2D eigenvalue weighted by Crippen LogP contribution is -2.13. The second-order valence-corrected chi connectivity index (χ2v) is 5.75. The Kier molecular flexibility index (Phi) is 15.9. The summed E-state index contributed by atoms with van der Waals surface area (Å²) in [6.45, 7) is 5.13. The molecule has 0 rings (SSSR count). The van der Waals surface area contributed by atoms with Crippen LogP contribution in [0.4, 0.5) is 0 Å². The minimum atomic E-state index is 0.00714. The van der Waals surface area contributed by atoms with Crippen molar-refractivity contribution in [1.29, 1.82) is 0 Å². The van der Waals surface area contributed by atoms with Gasteiger partial charge in [-0.15, -0.1) is 0 Å². The summed E-state index contributed by atoms with van der Waals surface area (Å²) in [4.78, 5) is 0. The van der Waals surface area contributed by atoms with Crippen LogP contribution < -0.4 is 0 Å². The van der Waals surface area contributed by atoms with Crippen molar-refractivity contribution in [1.82, 2.24) is 0 Å². The van der Waals surface area contributed by atoms with E-state index in [1.54, 1.807) is 0 Å². The van der Waals surface area contributed by atoms with Gasteiger partial charge < -0.3 is 9.84 Å². The van der Waals surface area contributed by atoms with Crippen molar-refractivity contribution in [3.8, 4) is 0 Å². The maximum Gasteiger partial charge on any atom is 0.0777 e. The average Bonchev–Trinajstić information content (AvgIpc) is 2.43. The monoisotopic (exact) mass is 272 g/mol. The van der Waals surface area contributed by atoms with Crippen LogP contribution >= 0.6 is 0 Å². The number of hydrogen-bond donors (Lipinski definition) is 1. The SMILES string of the molecule is CCCCCCCCCCCCCCOC(C)CO. The van der Waals surface area contributed by atoms with E-state index in [0.717, 1.165) is 13.0 Å². The van der Waals surface area contributed by atoms with Gasteiger partial charge in [0.05, 0.1) is 12.7 Å². The molecular formula is C17H36O2. The van der Waals surface area contributed by atoms with E-state index in [-0.39, 0.29) is 12.7 Å². The summed E-state index contributed by atoms with van der Waals surface area (Å²) in [6, 6.07) is 0. The molecule has 0 aromatic heterocycles. The molecule has 0 aliphatic carbocycles. The van der Waals surface area contributed by atoms with Crippen LogP contribution in [0.15, 0.2) is 0 Å². The molecular weight excluding hydrogens is 236 g/mol. The highest BCUT2D eigenvalue weighted by atomic mass is 16.5. The van der Waals surface area contributed by atoms with Gasteiger partial charge in [-0.25, -0.2) is 0 Å². The predicted molar refractivity (Wildman–Crippen MR) is 83.6 cm³/mol. The molecule has 0 aromatic rings. The van der Waals surface area contributed by atoms with Crippen molar-refractivity contribution in [3.63, 3.8) is 0 Å². The molecule has 0 fully saturated rings. The standard InChI is InChI=1S/C17H36O2/c1-3-4-5-6-7-8-9-10-11-12-13-14-15-19-17(2)16-18/h17-18H,3-16H2,1-2H3. The Morgan fingerprint density at radius 1 is 0.737 bits per heavy atom. The van der Waals surface area contributed by atoms with Crippen LogP contribution in [-0.2, 0) is 4.74 Å². The van der Waals surface area contributed by atoms with Gasteiger partial charge in [0.15, 0.2) is 0 Å². The average molecular weight is 272 g/mol. The van der Waals surface area contributed by atoms with Crippen LogP contribution in [0.25, 0.3) is 0 Å². The molecule has 0 heterocycles. The quantitative estimate of drug-likeness (QED) is 0.421. The Hall–Kier alpha value is -0.0800. The minimum absolute atomic E-state index is 0.00714. The zero-order chi connectivity index (χ0) is 14.2. The molecule has 1 unspecified atom stereocenters.